The molecule has 0 bridgehead atoms. The maximum atomic E-state index is 12.9. The predicted molar refractivity (Wildman–Crippen MR) is 118 cm³/mol. The number of halogens is 2. The van der Waals surface area contributed by atoms with Crippen molar-refractivity contribution < 1.29 is 4.79 Å². The van der Waals surface area contributed by atoms with E-state index in [4.69, 9.17) is 11.6 Å². The van der Waals surface area contributed by atoms with Gasteiger partial charge in [0, 0.05) is 22.6 Å². The second kappa shape index (κ2) is 8.44. The van der Waals surface area contributed by atoms with Gasteiger partial charge in [-0.1, -0.05) is 88.2 Å². The molecule has 2 nitrogen and oxygen atoms in total. The third-order valence-electron chi connectivity index (χ3n) is 4.94. The van der Waals surface area contributed by atoms with Crippen molar-refractivity contribution in [3.63, 3.8) is 0 Å². The molecule has 3 aromatic rings. The van der Waals surface area contributed by atoms with Gasteiger partial charge in [0.1, 0.15) is 0 Å². The highest BCUT2D eigenvalue weighted by Gasteiger charge is 2.24. The summed E-state index contributed by atoms with van der Waals surface area (Å²) in [6.45, 7) is 0.801. The molecule has 0 spiro atoms. The zero-order valence-corrected chi connectivity index (χ0v) is 17.4. The first-order valence-electron chi connectivity index (χ1n) is 9.13. The lowest BCUT2D eigenvalue weighted by Crippen LogP contribution is -2.34. The Morgan fingerprint density at radius 1 is 1.14 bits per heavy atom. The van der Waals surface area contributed by atoms with Crippen LogP contribution in [0.25, 0.3) is 17.2 Å². The largest absolute Gasteiger partial charge is 0.303 e. The van der Waals surface area contributed by atoms with Crippen molar-refractivity contribution in [2.45, 2.75) is 12.5 Å². The summed E-state index contributed by atoms with van der Waals surface area (Å²) < 4.78 is 0.945. The second-order valence-corrected chi connectivity index (χ2v) is 7.91. The Morgan fingerprint density at radius 2 is 1.93 bits per heavy atom. The number of fused-ring (bicyclic) bond motifs is 1. The molecule has 0 aromatic heterocycles. The van der Waals surface area contributed by atoms with Crippen molar-refractivity contribution in [1.82, 2.24) is 5.32 Å². The van der Waals surface area contributed by atoms with E-state index in [9.17, 15) is 4.79 Å². The molecule has 0 aliphatic carbocycles. The Hall–Kier alpha value is -2.20. The number of hydrogen-bond acceptors (Lipinski definition) is 2. The molecule has 1 aliphatic heterocycles. The molecule has 1 N–H and O–H groups in total. The SMILES string of the molecule is O=C(/C=C/c1cc[c]c(Cl)c1-c1ccccc1Br)C1NCCc2ccccc21. The van der Waals surface area contributed by atoms with Crippen molar-refractivity contribution in [3.05, 3.63) is 99.0 Å². The number of carbonyl (C=O) groups is 1. The molecule has 0 amide bonds. The van der Waals surface area contributed by atoms with Gasteiger partial charge in [-0.2, -0.15) is 0 Å². The van der Waals surface area contributed by atoms with Gasteiger partial charge in [0.2, 0.25) is 0 Å². The molecule has 28 heavy (non-hydrogen) atoms. The van der Waals surface area contributed by atoms with Crippen molar-refractivity contribution >= 4 is 39.4 Å². The van der Waals surface area contributed by atoms with Gasteiger partial charge in [-0.3, -0.25) is 4.79 Å². The molecule has 1 heterocycles. The number of nitrogens with one attached hydrogen (secondary N) is 1. The third-order valence-corrected chi connectivity index (χ3v) is 5.93. The molecule has 3 aromatic carbocycles. The molecule has 1 unspecified atom stereocenters. The molecule has 4 rings (SSSR count). The standard InChI is InChI=1S/C24H18BrClNO/c25-20-10-4-3-9-19(20)23-17(7-5-11-21(23)26)12-13-22(28)24-18-8-2-1-6-16(18)14-15-27-24/h1-10,12-13,24,27H,14-15H2/b13-12+. The first kappa shape index (κ1) is 19.1. The number of ketones is 1. The van der Waals surface area contributed by atoms with Crippen LogP contribution in [0.3, 0.4) is 0 Å². The minimum Gasteiger partial charge on any atom is -0.303 e. The van der Waals surface area contributed by atoms with Crippen LogP contribution in [0, 0.1) is 6.07 Å². The van der Waals surface area contributed by atoms with E-state index >= 15 is 0 Å². The predicted octanol–water partition coefficient (Wildman–Crippen LogP) is 6.04. The van der Waals surface area contributed by atoms with E-state index in [0.717, 1.165) is 39.7 Å². The minimum atomic E-state index is -0.307. The third kappa shape index (κ3) is 3.83. The monoisotopic (exact) mass is 450 g/mol. The van der Waals surface area contributed by atoms with Crippen LogP contribution in [0.5, 0.6) is 0 Å². The summed E-state index contributed by atoms with van der Waals surface area (Å²) in [5.41, 5.74) is 5.01. The van der Waals surface area contributed by atoms with Gasteiger partial charge in [-0.05, 0) is 40.8 Å². The van der Waals surface area contributed by atoms with Crippen LogP contribution in [-0.2, 0) is 11.2 Å². The van der Waals surface area contributed by atoms with E-state index in [-0.39, 0.29) is 11.8 Å². The summed E-state index contributed by atoms with van der Waals surface area (Å²) in [5, 5.41) is 3.87. The number of benzene rings is 3. The summed E-state index contributed by atoms with van der Waals surface area (Å²) >= 11 is 10.0. The van der Waals surface area contributed by atoms with Gasteiger partial charge in [-0.25, -0.2) is 0 Å². The van der Waals surface area contributed by atoms with E-state index in [1.165, 1.54) is 5.56 Å². The lowest BCUT2D eigenvalue weighted by atomic mass is 9.91. The lowest BCUT2D eigenvalue weighted by molar-refractivity contribution is -0.116. The highest BCUT2D eigenvalue weighted by molar-refractivity contribution is 9.10. The molecular formula is C24H18BrClNO. The molecule has 0 saturated carbocycles. The Kier molecular flexibility index (Phi) is 5.77. The summed E-state index contributed by atoms with van der Waals surface area (Å²) in [6, 6.07) is 22.5. The first-order valence-corrected chi connectivity index (χ1v) is 10.3. The summed E-state index contributed by atoms with van der Waals surface area (Å²) in [5.74, 6) is 0.0363. The summed E-state index contributed by atoms with van der Waals surface area (Å²) in [4.78, 5) is 12.9. The highest BCUT2D eigenvalue weighted by atomic mass is 79.9. The fourth-order valence-electron chi connectivity index (χ4n) is 3.59. The lowest BCUT2D eigenvalue weighted by Gasteiger charge is -2.24. The maximum Gasteiger partial charge on any atom is 0.177 e. The van der Waals surface area contributed by atoms with E-state index < -0.39 is 0 Å². The van der Waals surface area contributed by atoms with Crippen molar-refractivity contribution in [2.75, 3.05) is 6.54 Å². The zero-order chi connectivity index (χ0) is 19.5. The molecule has 1 radical (unpaired) electrons. The van der Waals surface area contributed by atoms with E-state index in [1.807, 2.05) is 54.6 Å². The van der Waals surface area contributed by atoms with Crippen LogP contribution in [0.1, 0.15) is 22.7 Å². The minimum absolute atomic E-state index is 0.0363. The van der Waals surface area contributed by atoms with Gasteiger partial charge < -0.3 is 5.32 Å². The van der Waals surface area contributed by atoms with Crippen molar-refractivity contribution in [2.24, 2.45) is 0 Å². The van der Waals surface area contributed by atoms with Gasteiger partial charge >= 0.3 is 0 Å². The molecule has 4 heteroatoms. The van der Waals surface area contributed by atoms with E-state index in [2.05, 4.69) is 33.4 Å². The quantitative estimate of drug-likeness (QED) is 0.490. The van der Waals surface area contributed by atoms with Gasteiger partial charge in [0.15, 0.2) is 5.78 Å². The van der Waals surface area contributed by atoms with E-state index in [1.54, 1.807) is 12.1 Å². The Morgan fingerprint density at radius 3 is 2.79 bits per heavy atom. The van der Waals surface area contributed by atoms with Crippen LogP contribution >= 0.6 is 27.5 Å². The fourth-order valence-corrected chi connectivity index (χ4v) is 4.35. The first-order chi connectivity index (χ1) is 13.6. The van der Waals surface area contributed by atoms with Gasteiger partial charge in [0.05, 0.1) is 11.1 Å². The highest BCUT2D eigenvalue weighted by Crippen LogP contribution is 2.36. The second-order valence-electron chi connectivity index (χ2n) is 6.67. The fraction of sp³-hybridized carbons (Fsp3) is 0.125. The topological polar surface area (TPSA) is 29.1 Å². The van der Waals surface area contributed by atoms with Gasteiger partial charge in [-0.15, -0.1) is 0 Å². The Balaban J connectivity index is 1.67. The van der Waals surface area contributed by atoms with Gasteiger partial charge in [0.25, 0.3) is 0 Å². The molecule has 1 atom stereocenters. The van der Waals surface area contributed by atoms with Crippen LogP contribution in [-0.4, -0.2) is 12.3 Å². The number of rotatable bonds is 4. The molecule has 0 fully saturated rings. The smallest absolute Gasteiger partial charge is 0.177 e. The molecule has 0 saturated heterocycles. The van der Waals surface area contributed by atoms with Crippen LogP contribution in [0.2, 0.25) is 5.02 Å². The van der Waals surface area contributed by atoms with Crippen molar-refractivity contribution in [1.29, 1.82) is 0 Å². The number of carbonyl (C=O) groups excluding carboxylic acids is 1. The Labute approximate surface area is 178 Å². The van der Waals surface area contributed by atoms with Crippen molar-refractivity contribution in [3.8, 4) is 11.1 Å². The average Bonchev–Trinajstić information content (AvgIpc) is 2.72. The maximum absolute atomic E-state index is 12.9. The Bertz CT molecular complexity index is 1060. The van der Waals surface area contributed by atoms with Crippen LogP contribution in [0.15, 0.2) is 71.2 Å². The van der Waals surface area contributed by atoms with E-state index in [0.29, 0.717) is 5.02 Å². The molecule has 1 aliphatic rings. The zero-order valence-electron chi connectivity index (χ0n) is 15.1. The normalized spacial score (nSPS) is 16.1. The molecule has 139 valence electrons. The summed E-state index contributed by atoms with van der Waals surface area (Å²) in [6.07, 6.45) is 4.43. The van der Waals surface area contributed by atoms with Crippen LogP contribution in [0.4, 0.5) is 0 Å². The molecular weight excluding hydrogens is 434 g/mol. The number of hydrogen-bond donors (Lipinski definition) is 1. The summed E-state index contributed by atoms with van der Waals surface area (Å²) in [7, 11) is 0. The average molecular weight is 452 g/mol. The van der Waals surface area contributed by atoms with Crippen LogP contribution < -0.4 is 5.32 Å².